The van der Waals surface area contributed by atoms with Gasteiger partial charge in [-0.25, -0.2) is 0 Å². The summed E-state index contributed by atoms with van der Waals surface area (Å²) in [6.07, 6.45) is 4.23. The zero-order valence-corrected chi connectivity index (χ0v) is 38.4. The molecule has 0 aromatic heterocycles. The van der Waals surface area contributed by atoms with Crippen LogP contribution in [0.4, 0.5) is 11.4 Å². The van der Waals surface area contributed by atoms with Crippen molar-refractivity contribution in [2.75, 3.05) is 10.6 Å². The highest BCUT2D eigenvalue weighted by molar-refractivity contribution is 7.80. The lowest BCUT2D eigenvalue weighted by Crippen LogP contribution is -2.54. The summed E-state index contributed by atoms with van der Waals surface area (Å²) in [6, 6.07) is 81.3. The summed E-state index contributed by atoms with van der Waals surface area (Å²) in [5.41, 5.74) is 15.8. The molecule has 4 nitrogen and oxygen atoms in total. The molecule has 9 rings (SSSR count). The van der Waals surface area contributed by atoms with Crippen molar-refractivity contribution in [3.8, 4) is 0 Å². The van der Waals surface area contributed by atoms with Crippen molar-refractivity contribution in [1.82, 2.24) is 10.6 Å². The van der Waals surface area contributed by atoms with Gasteiger partial charge in [0.05, 0.1) is 0 Å². The Labute approximate surface area is 400 Å². The topological polar surface area (TPSA) is 48.1 Å². The summed E-state index contributed by atoms with van der Waals surface area (Å²) in [5.74, 6) is 0. The second-order valence-corrected chi connectivity index (χ2v) is 17.4. The van der Waals surface area contributed by atoms with Crippen LogP contribution in [0, 0.1) is 0 Å². The SMILES string of the molecule is S=C(Nc1ccc(C(=C(c2ccccc2)c2ccccc2)c2ccccc2)cc1)N[C@H]1CCCC[C@@H]1NC(=S)Nc1ccc(C(=C(c2ccccc2)c2ccccc2)c2ccccc2)cc1. The average molecular weight is 893 g/mol. The smallest absolute Gasteiger partial charge is 0.171 e. The lowest BCUT2D eigenvalue weighted by Gasteiger charge is -2.34. The van der Waals surface area contributed by atoms with Gasteiger partial charge in [-0.2, -0.15) is 0 Å². The minimum Gasteiger partial charge on any atom is -0.358 e. The summed E-state index contributed by atoms with van der Waals surface area (Å²) < 4.78 is 0. The molecule has 1 aliphatic rings. The Hall–Kier alpha value is -7.38. The van der Waals surface area contributed by atoms with Crippen molar-refractivity contribution in [2.24, 2.45) is 0 Å². The Morgan fingerprint density at radius 2 is 0.500 bits per heavy atom. The fourth-order valence-electron chi connectivity index (χ4n) is 9.04. The molecule has 0 heterocycles. The molecule has 66 heavy (non-hydrogen) atoms. The molecule has 324 valence electrons. The summed E-state index contributed by atoms with van der Waals surface area (Å²) in [5, 5.41) is 15.4. The van der Waals surface area contributed by atoms with Gasteiger partial charge in [-0.15, -0.1) is 0 Å². The molecular formula is C60H52N4S2. The quantitative estimate of drug-likeness (QED) is 0.0724. The predicted octanol–water partition coefficient (Wildman–Crippen LogP) is 14.3. The third-order valence-corrected chi connectivity index (χ3v) is 12.6. The first-order valence-corrected chi connectivity index (χ1v) is 23.6. The third kappa shape index (κ3) is 10.8. The molecule has 8 aromatic carbocycles. The zero-order chi connectivity index (χ0) is 44.9. The third-order valence-electron chi connectivity index (χ3n) is 12.1. The second-order valence-electron chi connectivity index (χ2n) is 16.5. The molecule has 1 fully saturated rings. The van der Waals surface area contributed by atoms with Gasteiger partial charge in [0.1, 0.15) is 0 Å². The van der Waals surface area contributed by atoms with Gasteiger partial charge in [-0.3, -0.25) is 0 Å². The zero-order valence-electron chi connectivity index (χ0n) is 36.7. The van der Waals surface area contributed by atoms with Gasteiger partial charge in [0, 0.05) is 23.5 Å². The van der Waals surface area contributed by atoms with Crippen LogP contribution in [0.2, 0.25) is 0 Å². The van der Waals surface area contributed by atoms with Crippen molar-refractivity contribution < 1.29 is 0 Å². The van der Waals surface area contributed by atoms with E-state index in [1.165, 1.54) is 44.5 Å². The molecule has 0 radical (unpaired) electrons. The standard InChI is InChI=1S/C60H52N4S2/c65-59(61-51-39-35-49(36-40-51)57(47-29-15-5-16-30-47)55(43-21-7-1-8-22-43)44-23-9-2-10-24-44)63-53-33-19-20-34-54(53)64-60(66)62-52-41-37-50(38-42-52)58(48-31-17-6-18-32-48)56(45-25-11-3-12-26-45)46-27-13-4-14-28-46/h1-18,21-32,35-42,53-54H,19-20,33-34H2,(H2,61,63,65)(H2,62,64,66)/t53-,54-/m0/s1. The van der Waals surface area contributed by atoms with E-state index in [9.17, 15) is 0 Å². The maximum absolute atomic E-state index is 5.96. The van der Waals surface area contributed by atoms with Crippen LogP contribution in [-0.4, -0.2) is 22.3 Å². The number of anilines is 2. The van der Waals surface area contributed by atoms with E-state index in [0.29, 0.717) is 10.2 Å². The van der Waals surface area contributed by atoms with E-state index < -0.39 is 0 Å². The molecule has 0 spiro atoms. The Bertz CT molecular complexity index is 2620. The molecule has 1 saturated carbocycles. The van der Waals surface area contributed by atoms with Gasteiger partial charge in [0.2, 0.25) is 0 Å². The van der Waals surface area contributed by atoms with E-state index in [2.05, 4.69) is 252 Å². The fourth-order valence-corrected chi connectivity index (χ4v) is 9.58. The molecule has 2 atom stereocenters. The Morgan fingerprint density at radius 1 is 0.288 bits per heavy atom. The Kier molecular flexibility index (Phi) is 14.3. The van der Waals surface area contributed by atoms with E-state index in [1.807, 2.05) is 0 Å². The minimum atomic E-state index is 0.111. The first-order valence-electron chi connectivity index (χ1n) is 22.7. The number of nitrogens with one attached hydrogen (secondary N) is 4. The predicted molar refractivity (Wildman–Crippen MR) is 286 cm³/mol. The lowest BCUT2D eigenvalue weighted by atomic mass is 9.86. The van der Waals surface area contributed by atoms with Crippen molar-refractivity contribution in [1.29, 1.82) is 0 Å². The molecule has 0 amide bonds. The maximum Gasteiger partial charge on any atom is 0.171 e. The van der Waals surface area contributed by atoms with Crippen LogP contribution in [0.3, 0.4) is 0 Å². The van der Waals surface area contributed by atoms with Crippen LogP contribution >= 0.6 is 24.4 Å². The summed E-state index contributed by atoms with van der Waals surface area (Å²) in [7, 11) is 0. The van der Waals surface area contributed by atoms with Crippen LogP contribution < -0.4 is 21.3 Å². The fraction of sp³-hybridized carbons (Fsp3) is 0.100. The summed E-state index contributed by atoms with van der Waals surface area (Å²) in [4.78, 5) is 0. The van der Waals surface area contributed by atoms with Crippen LogP contribution in [0.25, 0.3) is 22.3 Å². The molecule has 0 saturated heterocycles. The van der Waals surface area contributed by atoms with Crippen molar-refractivity contribution >= 4 is 68.3 Å². The van der Waals surface area contributed by atoms with Crippen LogP contribution in [0.1, 0.15) is 70.2 Å². The van der Waals surface area contributed by atoms with E-state index in [1.54, 1.807) is 0 Å². The first-order chi connectivity index (χ1) is 32.6. The summed E-state index contributed by atoms with van der Waals surface area (Å²) in [6.45, 7) is 0. The van der Waals surface area contributed by atoms with E-state index >= 15 is 0 Å². The number of thiocarbonyl (C=S) groups is 2. The number of rotatable bonds is 12. The molecule has 1 aliphatic carbocycles. The van der Waals surface area contributed by atoms with Gasteiger partial charge in [0.15, 0.2) is 10.2 Å². The largest absolute Gasteiger partial charge is 0.358 e. The van der Waals surface area contributed by atoms with E-state index in [-0.39, 0.29) is 12.1 Å². The van der Waals surface area contributed by atoms with Crippen molar-refractivity contribution in [3.63, 3.8) is 0 Å². The average Bonchev–Trinajstić information content (AvgIpc) is 3.37. The minimum absolute atomic E-state index is 0.111. The van der Waals surface area contributed by atoms with Gasteiger partial charge in [-0.05, 0) is 128 Å². The number of hydrogen-bond acceptors (Lipinski definition) is 2. The van der Waals surface area contributed by atoms with E-state index in [4.69, 9.17) is 24.4 Å². The van der Waals surface area contributed by atoms with Crippen LogP contribution in [0.5, 0.6) is 0 Å². The van der Waals surface area contributed by atoms with Crippen LogP contribution in [-0.2, 0) is 0 Å². The summed E-state index contributed by atoms with van der Waals surface area (Å²) >= 11 is 11.9. The first kappa shape index (κ1) is 43.9. The number of hydrogen-bond donors (Lipinski definition) is 4. The van der Waals surface area contributed by atoms with Gasteiger partial charge < -0.3 is 21.3 Å². The highest BCUT2D eigenvalue weighted by atomic mass is 32.1. The second kappa shape index (κ2) is 21.5. The Balaban J connectivity index is 0.890. The van der Waals surface area contributed by atoms with Crippen LogP contribution in [0.15, 0.2) is 231 Å². The molecule has 0 aliphatic heterocycles. The van der Waals surface area contributed by atoms with E-state index in [0.717, 1.165) is 59.3 Å². The lowest BCUT2D eigenvalue weighted by molar-refractivity contribution is 0.340. The van der Waals surface area contributed by atoms with Gasteiger partial charge in [0.25, 0.3) is 0 Å². The maximum atomic E-state index is 5.96. The normalized spacial score (nSPS) is 14.2. The van der Waals surface area contributed by atoms with Gasteiger partial charge >= 0.3 is 0 Å². The van der Waals surface area contributed by atoms with Crippen molar-refractivity contribution in [3.05, 3.63) is 275 Å². The number of benzene rings is 8. The molecule has 4 N–H and O–H groups in total. The molecule has 0 bridgehead atoms. The highest BCUT2D eigenvalue weighted by Gasteiger charge is 2.27. The molecular weight excluding hydrogens is 841 g/mol. The van der Waals surface area contributed by atoms with Gasteiger partial charge in [-0.1, -0.05) is 219 Å². The highest BCUT2D eigenvalue weighted by Crippen LogP contribution is 2.39. The molecule has 0 unspecified atom stereocenters. The van der Waals surface area contributed by atoms with Crippen molar-refractivity contribution in [2.45, 2.75) is 37.8 Å². The molecule has 6 heteroatoms. The monoisotopic (exact) mass is 892 g/mol. The Morgan fingerprint density at radius 3 is 0.727 bits per heavy atom. The molecule has 8 aromatic rings.